The fraction of sp³-hybridized carbons (Fsp3) is 0.364. The van der Waals surface area contributed by atoms with Crippen LogP contribution in [0.15, 0.2) is 48.5 Å². The van der Waals surface area contributed by atoms with Crippen LogP contribution in [-0.4, -0.2) is 36.3 Å². The van der Waals surface area contributed by atoms with Crippen molar-refractivity contribution >= 4 is 24.2 Å². The average molecular weight is 400 g/mol. The van der Waals surface area contributed by atoms with E-state index in [-0.39, 0.29) is 30.3 Å². The number of hydrogen-bond donors (Lipinski definition) is 2. The summed E-state index contributed by atoms with van der Waals surface area (Å²) in [6, 6.07) is 16.1. The van der Waals surface area contributed by atoms with Crippen molar-refractivity contribution in [1.82, 2.24) is 15.5 Å². The summed E-state index contributed by atoms with van der Waals surface area (Å²) < 4.78 is 0. The van der Waals surface area contributed by atoms with Gasteiger partial charge in [0.15, 0.2) is 0 Å². The molecule has 4 rings (SSSR count). The van der Waals surface area contributed by atoms with Gasteiger partial charge in [0, 0.05) is 37.7 Å². The summed E-state index contributed by atoms with van der Waals surface area (Å²) in [7, 11) is 0. The largest absolute Gasteiger partial charge is 0.350 e. The van der Waals surface area contributed by atoms with Gasteiger partial charge in [-0.05, 0) is 48.2 Å². The second-order valence-corrected chi connectivity index (χ2v) is 7.28. The fourth-order valence-corrected chi connectivity index (χ4v) is 3.92. The molecule has 1 atom stereocenters. The first-order chi connectivity index (χ1) is 13.2. The molecule has 2 heterocycles. The first kappa shape index (κ1) is 20.4. The maximum Gasteiger partial charge on any atom is 0.251 e. The molecule has 6 heteroatoms. The van der Waals surface area contributed by atoms with Crippen LogP contribution in [-0.2, 0) is 17.8 Å². The molecule has 0 saturated carbocycles. The molecular formula is C22H26ClN3O2. The third-order valence-electron chi connectivity index (χ3n) is 5.44. The Morgan fingerprint density at radius 1 is 1.11 bits per heavy atom. The Hall–Kier alpha value is -2.37. The Bertz CT molecular complexity index is 838. The maximum atomic E-state index is 12.5. The molecule has 0 spiro atoms. The Labute approximate surface area is 171 Å². The summed E-state index contributed by atoms with van der Waals surface area (Å²) in [5.41, 5.74) is 4.34. The maximum absolute atomic E-state index is 12.5. The standard InChI is InChI=1S/C22H25N3O2.ClH/c26-21-6-3-13-25(21)15-16-7-9-18(10-8-16)22(27)24-14-20-19-5-2-1-4-17(19)11-12-23-20;/h1-2,4-5,7-10,20,23H,3,6,11-15H2,(H,24,27);1H. The number of rotatable bonds is 5. The minimum Gasteiger partial charge on any atom is -0.350 e. The zero-order valence-corrected chi connectivity index (χ0v) is 16.6. The van der Waals surface area contributed by atoms with E-state index in [0.717, 1.165) is 31.5 Å². The predicted octanol–water partition coefficient (Wildman–Crippen LogP) is 2.85. The molecule has 1 saturated heterocycles. The summed E-state index contributed by atoms with van der Waals surface area (Å²) in [4.78, 5) is 26.1. The van der Waals surface area contributed by atoms with E-state index in [4.69, 9.17) is 0 Å². The van der Waals surface area contributed by atoms with Crippen molar-refractivity contribution in [2.24, 2.45) is 0 Å². The number of benzene rings is 2. The van der Waals surface area contributed by atoms with Crippen LogP contribution in [0, 0.1) is 0 Å². The molecule has 2 aliphatic rings. The molecule has 28 heavy (non-hydrogen) atoms. The number of hydrogen-bond acceptors (Lipinski definition) is 3. The molecule has 0 bridgehead atoms. The molecule has 2 aliphatic heterocycles. The van der Waals surface area contributed by atoms with Gasteiger partial charge >= 0.3 is 0 Å². The van der Waals surface area contributed by atoms with E-state index in [1.165, 1.54) is 11.1 Å². The number of fused-ring (bicyclic) bond motifs is 1. The Balaban J connectivity index is 0.00000225. The van der Waals surface area contributed by atoms with Crippen LogP contribution >= 0.6 is 12.4 Å². The van der Waals surface area contributed by atoms with Gasteiger partial charge in [0.25, 0.3) is 5.91 Å². The molecule has 0 aliphatic carbocycles. The molecule has 148 valence electrons. The smallest absolute Gasteiger partial charge is 0.251 e. The Morgan fingerprint density at radius 3 is 2.64 bits per heavy atom. The van der Waals surface area contributed by atoms with Crippen LogP contribution in [0.3, 0.4) is 0 Å². The third kappa shape index (κ3) is 4.54. The zero-order chi connectivity index (χ0) is 18.6. The van der Waals surface area contributed by atoms with E-state index in [1.807, 2.05) is 35.2 Å². The summed E-state index contributed by atoms with van der Waals surface area (Å²) in [6.07, 6.45) is 2.62. The SMILES string of the molecule is Cl.O=C(NCC1NCCc2ccccc21)c1ccc(CN2CCCC2=O)cc1. The van der Waals surface area contributed by atoms with E-state index in [1.54, 1.807) is 0 Å². The first-order valence-corrected chi connectivity index (χ1v) is 9.67. The highest BCUT2D eigenvalue weighted by atomic mass is 35.5. The summed E-state index contributed by atoms with van der Waals surface area (Å²) in [5, 5.41) is 6.53. The lowest BCUT2D eigenvalue weighted by Crippen LogP contribution is -2.38. The minimum atomic E-state index is -0.0661. The van der Waals surface area contributed by atoms with Gasteiger partial charge in [-0.3, -0.25) is 9.59 Å². The quantitative estimate of drug-likeness (QED) is 0.812. The second-order valence-electron chi connectivity index (χ2n) is 7.28. The second kappa shape index (κ2) is 9.22. The van der Waals surface area contributed by atoms with Crippen molar-refractivity contribution in [3.8, 4) is 0 Å². The van der Waals surface area contributed by atoms with Gasteiger partial charge in [-0.15, -0.1) is 12.4 Å². The molecule has 2 aromatic rings. The van der Waals surface area contributed by atoms with Gasteiger partial charge in [-0.25, -0.2) is 0 Å². The molecule has 1 fully saturated rings. The molecule has 0 radical (unpaired) electrons. The molecule has 1 unspecified atom stereocenters. The van der Waals surface area contributed by atoms with Crippen molar-refractivity contribution in [2.45, 2.75) is 31.8 Å². The number of nitrogens with zero attached hydrogens (tertiary/aromatic N) is 1. The Morgan fingerprint density at radius 2 is 1.89 bits per heavy atom. The molecule has 5 nitrogen and oxygen atoms in total. The van der Waals surface area contributed by atoms with Crippen molar-refractivity contribution in [3.63, 3.8) is 0 Å². The molecule has 2 amide bonds. The van der Waals surface area contributed by atoms with Crippen LogP contribution in [0.1, 0.15) is 45.9 Å². The first-order valence-electron chi connectivity index (χ1n) is 9.67. The fourth-order valence-electron chi connectivity index (χ4n) is 3.92. The van der Waals surface area contributed by atoms with Crippen molar-refractivity contribution in [2.75, 3.05) is 19.6 Å². The Kier molecular flexibility index (Phi) is 6.70. The number of halogens is 1. The summed E-state index contributed by atoms with van der Waals surface area (Å²) in [6.45, 7) is 2.96. The van der Waals surface area contributed by atoms with Crippen LogP contribution < -0.4 is 10.6 Å². The van der Waals surface area contributed by atoms with Gasteiger partial charge < -0.3 is 15.5 Å². The van der Waals surface area contributed by atoms with Crippen molar-refractivity contribution < 1.29 is 9.59 Å². The van der Waals surface area contributed by atoms with Gasteiger partial charge in [-0.1, -0.05) is 36.4 Å². The minimum absolute atomic E-state index is 0. The number of carbonyl (C=O) groups excluding carboxylic acids is 2. The van der Waals surface area contributed by atoms with Crippen LogP contribution in [0.4, 0.5) is 0 Å². The van der Waals surface area contributed by atoms with E-state index >= 15 is 0 Å². The normalized spacial score (nSPS) is 18.4. The summed E-state index contributed by atoms with van der Waals surface area (Å²) in [5.74, 6) is 0.153. The number of amides is 2. The average Bonchev–Trinajstić information content (AvgIpc) is 3.11. The van der Waals surface area contributed by atoms with E-state index in [2.05, 4.69) is 28.8 Å². The lowest BCUT2D eigenvalue weighted by molar-refractivity contribution is -0.128. The third-order valence-corrected chi connectivity index (χ3v) is 5.44. The van der Waals surface area contributed by atoms with Crippen LogP contribution in [0.25, 0.3) is 0 Å². The van der Waals surface area contributed by atoms with E-state index in [0.29, 0.717) is 25.1 Å². The lowest BCUT2D eigenvalue weighted by Gasteiger charge is -2.27. The van der Waals surface area contributed by atoms with Crippen molar-refractivity contribution in [3.05, 3.63) is 70.8 Å². The van der Waals surface area contributed by atoms with E-state index < -0.39 is 0 Å². The topological polar surface area (TPSA) is 61.4 Å². The van der Waals surface area contributed by atoms with E-state index in [9.17, 15) is 9.59 Å². The monoisotopic (exact) mass is 399 g/mol. The highest BCUT2D eigenvalue weighted by Gasteiger charge is 2.21. The number of carbonyl (C=O) groups is 2. The summed E-state index contributed by atoms with van der Waals surface area (Å²) >= 11 is 0. The zero-order valence-electron chi connectivity index (χ0n) is 15.8. The van der Waals surface area contributed by atoms with Crippen molar-refractivity contribution in [1.29, 1.82) is 0 Å². The van der Waals surface area contributed by atoms with Gasteiger partial charge in [0.05, 0.1) is 0 Å². The molecule has 0 aromatic heterocycles. The number of nitrogens with one attached hydrogen (secondary N) is 2. The van der Waals surface area contributed by atoms with Crippen LogP contribution in [0.5, 0.6) is 0 Å². The molecule has 2 aromatic carbocycles. The highest BCUT2D eigenvalue weighted by Crippen LogP contribution is 2.22. The van der Waals surface area contributed by atoms with Crippen LogP contribution in [0.2, 0.25) is 0 Å². The lowest BCUT2D eigenvalue weighted by atomic mass is 9.94. The molecule has 2 N–H and O–H groups in total. The number of likely N-dealkylation sites (tertiary alicyclic amines) is 1. The van der Waals surface area contributed by atoms with Gasteiger partial charge in [-0.2, -0.15) is 0 Å². The highest BCUT2D eigenvalue weighted by molar-refractivity contribution is 5.94. The molecular weight excluding hydrogens is 374 g/mol. The van der Waals surface area contributed by atoms with Gasteiger partial charge in [0.2, 0.25) is 5.91 Å². The predicted molar refractivity (Wildman–Crippen MR) is 112 cm³/mol. The van der Waals surface area contributed by atoms with Gasteiger partial charge in [0.1, 0.15) is 0 Å².